The van der Waals surface area contributed by atoms with E-state index >= 15 is 0 Å². The van der Waals surface area contributed by atoms with Gasteiger partial charge in [-0.2, -0.15) is 0 Å². The molecule has 6 heteroatoms. The van der Waals surface area contributed by atoms with Crippen molar-refractivity contribution in [2.45, 2.75) is 19.8 Å². The summed E-state index contributed by atoms with van der Waals surface area (Å²) >= 11 is 0. The van der Waals surface area contributed by atoms with Gasteiger partial charge in [-0.15, -0.1) is 0 Å². The molecule has 0 aromatic heterocycles. The highest BCUT2D eigenvalue weighted by molar-refractivity contribution is 5.96. The summed E-state index contributed by atoms with van der Waals surface area (Å²) in [7, 11) is 0. The number of carbonyl (C=O) groups is 2. The summed E-state index contributed by atoms with van der Waals surface area (Å²) in [5, 5.41) is 5.92. The van der Waals surface area contributed by atoms with Crippen LogP contribution in [0.2, 0.25) is 0 Å². The number of likely N-dealkylation sites (tertiary alicyclic amines) is 1. The van der Waals surface area contributed by atoms with Gasteiger partial charge in [-0.25, -0.2) is 0 Å². The van der Waals surface area contributed by atoms with E-state index < -0.39 is 0 Å². The van der Waals surface area contributed by atoms with Gasteiger partial charge in [-0.05, 0) is 56.2 Å². The molecule has 27 heavy (non-hydrogen) atoms. The van der Waals surface area contributed by atoms with Crippen molar-refractivity contribution in [1.29, 1.82) is 0 Å². The van der Waals surface area contributed by atoms with E-state index in [9.17, 15) is 9.59 Å². The van der Waals surface area contributed by atoms with Crippen LogP contribution in [0.4, 0.5) is 11.4 Å². The van der Waals surface area contributed by atoms with Crippen molar-refractivity contribution >= 4 is 23.2 Å². The predicted molar refractivity (Wildman–Crippen MR) is 106 cm³/mol. The quantitative estimate of drug-likeness (QED) is 0.787. The first-order chi connectivity index (χ1) is 13.2. The lowest BCUT2D eigenvalue weighted by molar-refractivity contribution is -0.114. The molecule has 1 aliphatic rings. The summed E-state index contributed by atoms with van der Waals surface area (Å²) in [5.74, 6) is 0.608. The van der Waals surface area contributed by atoms with E-state index in [1.165, 1.54) is 0 Å². The van der Waals surface area contributed by atoms with Gasteiger partial charge in [0.05, 0.1) is 18.8 Å². The zero-order valence-electron chi connectivity index (χ0n) is 15.5. The van der Waals surface area contributed by atoms with Crippen LogP contribution in [0, 0.1) is 0 Å². The molecule has 0 bridgehead atoms. The third-order valence-electron chi connectivity index (χ3n) is 4.44. The lowest BCUT2D eigenvalue weighted by Crippen LogP contribution is -2.27. The van der Waals surface area contributed by atoms with Gasteiger partial charge in [-0.1, -0.05) is 12.1 Å². The van der Waals surface area contributed by atoms with E-state index in [4.69, 9.17) is 4.74 Å². The molecular weight excluding hydrogens is 342 g/mol. The zero-order valence-corrected chi connectivity index (χ0v) is 15.5. The number of carbonyl (C=O) groups excluding carboxylic acids is 2. The van der Waals surface area contributed by atoms with E-state index in [1.807, 2.05) is 36.1 Å². The van der Waals surface area contributed by atoms with Crippen molar-refractivity contribution in [3.63, 3.8) is 0 Å². The van der Waals surface area contributed by atoms with Gasteiger partial charge in [0.25, 0.3) is 5.91 Å². The molecule has 0 unspecified atom stereocenters. The minimum atomic E-state index is -0.167. The minimum Gasteiger partial charge on any atom is -0.492 e. The number of nitrogens with zero attached hydrogens (tertiary/aromatic N) is 1. The van der Waals surface area contributed by atoms with E-state index in [0.717, 1.165) is 37.4 Å². The third-order valence-corrected chi connectivity index (χ3v) is 4.44. The van der Waals surface area contributed by atoms with Gasteiger partial charge < -0.3 is 20.3 Å². The molecule has 2 N–H and O–H groups in total. The van der Waals surface area contributed by atoms with Crippen LogP contribution in [-0.2, 0) is 4.79 Å². The fourth-order valence-corrected chi connectivity index (χ4v) is 3.07. The fourth-order valence-electron chi connectivity index (χ4n) is 3.07. The van der Waals surface area contributed by atoms with Crippen LogP contribution in [0.5, 0.6) is 5.75 Å². The van der Waals surface area contributed by atoms with Crippen LogP contribution in [0.1, 0.15) is 30.1 Å². The maximum atomic E-state index is 12.3. The van der Waals surface area contributed by atoms with Gasteiger partial charge >= 0.3 is 0 Å². The number of anilines is 2. The van der Waals surface area contributed by atoms with Gasteiger partial charge in [-0.3, -0.25) is 9.59 Å². The third kappa shape index (κ3) is 5.00. The molecular formula is C21H25N3O3. The van der Waals surface area contributed by atoms with Crippen molar-refractivity contribution in [2.75, 3.05) is 36.9 Å². The number of hydrogen-bond donors (Lipinski definition) is 2. The first-order valence-corrected chi connectivity index (χ1v) is 9.32. The van der Waals surface area contributed by atoms with Crippen LogP contribution in [-0.4, -0.2) is 43.0 Å². The van der Waals surface area contributed by atoms with Gasteiger partial charge in [0.15, 0.2) is 0 Å². The van der Waals surface area contributed by atoms with Crippen molar-refractivity contribution in [2.24, 2.45) is 0 Å². The van der Waals surface area contributed by atoms with E-state index in [0.29, 0.717) is 17.9 Å². The molecule has 6 nitrogen and oxygen atoms in total. The first-order valence-electron chi connectivity index (χ1n) is 9.32. The average Bonchev–Trinajstić information content (AvgIpc) is 3.22. The van der Waals surface area contributed by atoms with Crippen molar-refractivity contribution in [3.05, 3.63) is 54.1 Å². The molecule has 2 amide bonds. The Morgan fingerprint density at radius 3 is 2.44 bits per heavy atom. The molecule has 142 valence electrons. The number of amides is 2. The van der Waals surface area contributed by atoms with Crippen LogP contribution < -0.4 is 15.4 Å². The highest BCUT2D eigenvalue weighted by Crippen LogP contribution is 2.23. The van der Waals surface area contributed by atoms with Gasteiger partial charge in [0.2, 0.25) is 5.91 Å². The number of nitrogens with one attached hydrogen (secondary N) is 2. The monoisotopic (exact) mass is 367 g/mol. The molecule has 1 aliphatic heterocycles. The number of rotatable bonds is 7. The second-order valence-corrected chi connectivity index (χ2v) is 6.41. The standard InChI is InChI=1S/C21H25N3O3/c1-2-27-19-8-4-3-7-18(19)22-15-20(25)23-17-11-9-16(10-12-17)21(26)24-13-5-6-14-24/h3-4,7-12,22H,2,5-6,13-15H2,1H3,(H,23,25). The molecule has 2 aromatic rings. The molecule has 3 rings (SSSR count). The topological polar surface area (TPSA) is 70.7 Å². The van der Waals surface area contributed by atoms with E-state index in [-0.39, 0.29) is 18.4 Å². The Morgan fingerprint density at radius 2 is 1.74 bits per heavy atom. The molecule has 1 fully saturated rings. The maximum Gasteiger partial charge on any atom is 0.253 e. The summed E-state index contributed by atoms with van der Waals surface area (Å²) in [6.45, 7) is 4.26. The summed E-state index contributed by atoms with van der Waals surface area (Å²) in [4.78, 5) is 26.4. The van der Waals surface area contributed by atoms with Crippen LogP contribution >= 0.6 is 0 Å². The van der Waals surface area contributed by atoms with Crippen LogP contribution in [0.25, 0.3) is 0 Å². The minimum absolute atomic E-state index is 0.0552. The Labute approximate surface area is 159 Å². The largest absolute Gasteiger partial charge is 0.492 e. The van der Waals surface area contributed by atoms with Gasteiger partial charge in [0.1, 0.15) is 5.75 Å². The van der Waals surface area contributed by atoms with E-state index in [1.54, 1.807) is 24.3 Å². The molecule has 1 heterocycles. The summed E-state index contributed by atoms with van der Waals surface area (Å²) in [6, 6.07) is 14.5. The Morgan fingerprint density at radius 1 is 1.04 bits per heavy atom. The molecule has 0 aliphatic carbocycles. The Bertz CT molecular complexity index is 784. The Balaban J connectivity index is 1.53. The number of ether oxygens (including phenoxy) is 1. The first kappa shape index (κ1) is 18.8. The average molecular weight is 367 g/mol. The SMILES string of the molecule is CCOc1ccccc1NCC(=O)Nc1ccc(C(=O)N2CCCC2)cc1. The molecule has 0 saturated carbocycles. The van der Waals surface area contributed by atoms with Crippen LogP contribution in [0.3, 0.4) is 0 Å². The molecule has 0 atom stereocenters. The van der Waals surface area contributed by atoms with Gasteiger partial charge in [0, 0.05) is 24.3 Å². The lowest BCUT2D eigenvalue weighted by Gasteiger charge is -2.15. The summed E-state index contributed by atoms with van der Waals surface area (Å²) in [5.41, 5.74) is 2.09. The van der Waals surface area contributed by atoms with Crippen molar-refractivity contribution in [3.8, 4) is 5.75 Å². The normalized spacial score (nSPS) is 13.3. The second kappa shape index (κ2) is 9.07. The number of benzene rings is 2. The molecule has 0 radical (unpaired) electrons. The highest BCUT2D eigenvalue weighted by Gasteiger charge is 2.19. The Hall–Kier alpha value is -3.02. The number of para-hydroxylation sites is 2. The van der Waals surface area contributed by atoms with Crippen LogP contribution in [0.15, 0.2) is 48.5 Å². The zero-order chi connectivity index (χ0) is 19.1. The second-order valence-electron chi connectivity index (χ2n) is 6.41. The molecule has 0 spiro atoms. The van der Waals surface area contributed by atoms with Crippen molar-refractivity contribution in [1.82, 2.24) is 4.90 Å². The highest BCUT2D eigenvalue weighted by atomic mass is 16.5. The lowest BCUT2D eigenvalue weighted by atomic mass is 10.2. The molecule has 2 aromatic carbocycles. The summed E-state index contributed by atoms with van der Waals surface area (Å²) < 4.78 is 5.54. The van der Waals surface area contributed by atoms with E-state index in [2.05, 4.69) is 10.6 Å². The maximum absolute atomic E-state index is 12.3. The summed E-state index contributed by atoms with van der Waals surface area (Å²) in [6.07, 6.45) is 2.14. The predicted octanol–water partition coefficient (Wildman–Crippen LogP) is 3.37. The van der Waals surface area contributed by atoms with Crippen molar-refractivity contribution < 1.29 is 14.3 Å². The smallest absolute Gasteiger partial charge is 0.253 e. The number of hydrogen-bond acceptors (Lipinski definition) is 4. The Kier molecular flexibility index (Phi) is 6.30. The fraction of sp³-hybridized carbons (Fsp3) is 0.333. The molecule has 1 saturated heterocycles.